The number of benzene rings is 3. The van der Waals surface area contributed by atoms with Gasteiger partial charge in [0, 0.05) is 29.4 Å². The Labute approximate surface area is 312 Å². The zero-order chi connectivity index (χ0) is 38.7. The molecule has 0 unspecified atom stereocenters. The summed E-state index contributed by atoms with van der Waals surface area (Å²) in [7, 11) is 0. The normalized spacial score (nSPS) is 13.5. The highest BCUT2D eigenvalue weighted by Gasteiger charge is 2.45. The molecule has 0 saturated heterocycles. The lowest BCUT2D eigenvalue weighted by Crippen LogP contribution is -2.45. The Bertz CT molecular complexity index is 2170. The van der Waals surface area contributed by atoms with Crippen molar-refractivity contribution in [2.75, 3.05) is 35.6 Å². The molecule has 3 aromatic carbocycles. The van der Waals surface area contributed by atoms with Gasteiger partial charge >= 0.3 is 24.0 Å². The summed E-state index contributed by atoms with van der Waals surface area (Å²) in [4.78, 5) is 57.6. The second-order valence-corrected chi connectivity index (χ2v) is 14.1. The van der Waals surface area contributed by atoms with Gasteiger partial charge in [-0.25, -0.2) is 4.98 Å². The number of alkyl halides is 3. The molecule has 1 fully saturated rings. The van der Waals surface area contributed by atoms with E-state index in [1.807, 2.05) is 45.0 Å². The monoisotopic (exact) mass is 764 g/mol. The zero-order valence-electron chi connectivity index (χ0n) is 29.3. The zero-order valence-corrected chi connectivity index (χ0v) is 30.1. The fraction of sp³-hybridized carbons (Fsp3) is 0.306. The third-order valence-corrected chi connectivity index (χ3v) is 8.66. The van der Waals surface area contributed by atoms with E-state index in [4.69, 9.17) is 16.3 Å². The number of carbonyl (C=O) groups is 3. The molecular formula is C36H36ClF3N10O4. The van der Waals surface area contributed by atoms with Gasteiger partial charge in [-0.15, -0.1) is 0 Å². The van der Waals surface area contributed by atoms with E-state index < -0.39 is 47.5 Å². The summed E-state index contributed by atoms with van der Waals surface area (Å²) in [6.45, 7) is 4.20. The van der Waals surface area contributed by atoms with Crippen LogP contribution < -0.4 is 31.3 Å². The van der Waals surface area contributed by atoms with Crippen molar-refractivity contribution in [1.82, 2.24) is 35.6 Å². The standard InChI is InChI=1S/C36H36ClF3N10O4/c1-20-4-13-25-26(16-20)45-31(44-25)46-29(53)28(52)42-18-34(2,3)17-41-27(51)21-5-11-24(12-6-21)43-30-47-32(49-33(48-30)54-19-36(38,39)40)50-35(14-15-35)22-7-9-23(37)10-8-22/h4-13,16H,14-15,17-19H2,1-3H3,(H,41,51)(H,42,52)(H2,44,45,46,53)(H2,43,47,48,49,50). The van der Waals surface area contributed by atoms with Crippen LogP contribution in [0.1, 0.15) is 48.2 Å². The number of nitrogens with one attached hydrogen (secondary N) is 6. The first kappa shape index (κ1) is 37.8. The summed E-state index contributed by atoms with van der Waals surface area (Å²) in [5.41, 5.74) is 2.89. The third-order valence-electron chi connectivity index (χ3n) is 8.41. The van der Waals surface area contributed by atoms with Crippen LogP contribution in [0.25, 0.3) is 11.0 Å². The number of amides is 3. The minimum atomic E-state index is -4.61. The summed E-state index contributed by atoms with van der Waals surface area (Å²) in [6.07, 6.45) is -3.14. The Hall–Kier alpha value is -5.97. The van der Waals surface area contributed by atoms with Crippen LogP contribution >= 0.6 is 11.6 Å². The Morgan fingerprint density at radius 1 is 0.870 bits per heavy atom. The Morgan fingerprint density at radius 3 is 2.24 bits per heavy atom. The predicted molar refractivity (Wildman–Crippen MR) is 196 cm³/mol. The number of aromatic nitrogens is 5. The molecule has 2 aromatic heterocycles. The number of halogens is 4. The number of H-pyrrole nitrogens is 1. The molecule has 0 radical (unpaired) electrons. The smallest absolute Gasteiger partial charge is 0.422 e. The minimum Gasteiger partial charge on any atom is -0.454 e. The van der Waals surface area contributed by atoms with E-state index in [0.717, 1.165) is 29.5 Å². The molecule has 0 spiro atoms. The fourth-order valence-electron chi connectivity index (χ4n) is 5.34. The van der Waals surface area contributed by atoms with Crippen molar-refractivity contribution in [2.45, 2.75) is 45.3 Å². The summed E-state index contributed by atoms with van der Waals surface area (Å²) in [6, 6.07) is 18.5. The summed E-state index contributed by atoms with van der Waals surface area (Å²) < 4.78 is 43.7. The van der Waals surface area contributed by atoms with E-state index >= 15 is 0 Å². The van der Waals surface area contributed by atoms with Crippen molar-refractivity contribution in [3.8, 4) is 6.01 Å². The molecule has 6 rings (SSSR count). The van der Waals surface area contributed by atoms with E-state index in [0.29, 0.717) is 21.8 Å². The van der Waals surface area contributed by atoms with Crippen molar-refractivity contribution in [2.24, 2.45) is 5.41 Å². The van der Waals surface area contributed by atoms with E-state index in [1.54, 1.807) is 30.3 Å². The highest BCUT2D eigenvalue weighted by atomic mass is 35.5. The molecule has 6 N–H and O–H groups in total. The number of rotatable bonds is 13. The minimum absolute atomic E-state index is 0.00817. The second-order valence-electron chi connectivity index (χ2n) is 13.7. The molecule has 5 aromatic rings. The summed E-state index contributed by atoms with van der Waals surface area (Å²) in [5.74, 6) is -2.07. The van der Waals surface area contributed by atoms with Crippen molar-refractivity contribution < 1.29 is 32.3 Å². The number of hydrogen-bond donors (Lipinski definition) is 6. The summed E-state index contributed by atoms with van der Waals surface area (Å²) in [5, 5.41) is 14.6. The van der Waals surface area contributed by atoms with Crippen LogP contribution in [-0.4, -0.2) is 68.5 Å². The van der Waals surface area contributed by atoms with Gasteiger partial charge in [0.1, 0.15) is 0 Å². The first-order valence-corrected chi connectivity index (χ1v) is 17.1. The number of hydrogen-bond acceptors (Lipinski definition) is 10. The third kappa shape index (κ3) is 9.91. The lowest BCUT2D eigenvalue weighted by atomic mass is 9.93. The van der Waals surface area contributed by atoms with E-state index in [2.05, 4.69) is 51.5 Å². The van der Waals surface area contributed by atoms with Crippen molar-refractivity contribution in [3.05, 3.63) is 88.4 Å². The number of fused-ring (bicyclic) bond motifs is 1. The first-order valence-electron chi connectivity index (χ1n) is 16.8. The fourth-order valence-corrected chi connectivity index (χ4v) is 5.46. The van der Waals surface area contributed by atoms with Crippen molar-refractivity contribution in [3.63, 3.8) is 0 Å². The molecular weight excluding hydrogens is 729 g/mol. The van der Waals surface area contributed by atoms with Gasteiger partial charge in [0.15, 0.2) is 6.61 Å². The number of imidazole rings is 1. The quantitative estimate of drug-likeness (QED) is 0.0776. The molecule has 2 heterocycles. The van der Waals surface area contributed by atoms with Crippen LogP contribution in [-0.2, 0) is 15.1 Å². The molecule has 0 atom stereocenters. The highest BCUT2D eigenvalue weighted by molar-refractivity contribution is 6.39. The maximum atomic E-state index is 13.0. The Balaban J connectivity index is 1.03. The molecule has 54 heavy (non-hydrogen) atoms. The van der Waals surface area contributed by atoms with Crippen LogP contribution in [0.4, 0.5) is 36.7 Å². The van der Waals surface area contributed by atoms with Gasteiger partial charge in [-0.05, 0) is 84.8 Å². The number of aromatic amines is 1. The van der Waals surface area contributed by atoms with Crippen LogP contribution in [0, 0.1) is 12.3 Å². The topological polar surface area (TPSA) is 188 Å². The van der Waals surface area contributed by atoms with E-state index in [9.17, 15) is 27.6 Å². The maximum Gasteiger partial charge on any atom is 0.422 e. The molecule has 1 aliphatic rings. The largest absolute Gasteiger partial charge is 0.454 e. The molecule has 282 valence electrons. The number of nitrogens with zero attached hydrogens (tertiary/aromatic N) is 4. The van der Waals surface area contributed by atoms with Crippen LogP contribution in [0.5, 0.6) is 6.01 Å². The number of ether oxygens (including phenoxy) is 1. The van der Waals surface area contributed by atoms with Crippen molar-refractivity contribution >= 4 is 63.9 Å². The average Bonchev–Trinajstić information content (AvgIpc) is 3.79. The highest BCUT2D eigenvalue weighted by Crippen LogP contribution is 2.48. The van der Waals surface area contributed by atoms with E-state index in [1.165, 1.54) is 12.1 Å². The van der Waals surface area contributed by atoms with Crippen LogP contribution in [0.15, 0.2) is 66.7 Å². The maximum absolute atomic E-state index is 13.0. The lowest BCUT2D eigenvalue weighted by molar-refractivity contribution is -0.154. The molecule has 1 aliphatic carbocycles. The van der Waals surface area contributed by atoms with Gasteiger partial charge < -0.3 is 31.0 Å². The van der Waals surface area contributed by atoms with Gasteiger partial charge in [0.25, 0.3) is 5.91 Å². The van der Waals surface area contributed by atoms with Crippen LogP contribution in [0.2, 0.25) is 5.02 Å². The number of aryl methyl sites for hydroxylation is 1. The van der Waals surface area contributed by atoms with Gasteiger partial charge in [-0.3, -0.25) is 19.7 Å². The Kier molecular flexibility index (Phi) is 10.6. The molecule has 1 saturated carbocycles. The molecule has 0 aliphatic heterocycles. The van der Waals surface area contributed by atoms with Gasteiger partial charge in [0.2, 0.25) is 17.8 Å². The predicted octanol–water partition coefficient (Wildman–Crippen LogP) is 6.01. The molecule has 3 amide bonds. The molecule has 18 heteroatoms. The van der Waals surface area contributed by atoms with Crippen LogP contribution in [0.3, 0.4) is 0 Å². The van der Waals surface area contributed by atoms with E-state index in [-0.39, 0.29) is 30.9 Å². The summed E-state index contributed by atoms with van der Waals surface area (Å²) >= 11 is 6.04. The average molecular weight is 765 g/mol. The molecule has 14 nitrogen and oxygen atoms in total. The SMILES string of the molecule is Cc1ccc2nc(NC(=O)C(=O)NCC(C)(C)CNC(=O)c3ccc(Nc4nc(NC5(c6ccc(Cl)cc6)CC5)nc(OCC(F)(F)F)n4)cc3)[nH]c2c1. The lowest BCUT2D eigenvalue weighted by Gasteiger charge is -2.25. The van der Waals surface area contributed by atoms with Gasteiger partial charge in [-0.1, -0.05) is 43.6 Å². The molecule has 0 bridgehead atoms. The number of anilines is 4. The van der Waals surface area contributed by atoms with Crippen molar-refractivity contribution in [1.29, 1.82) is 0 Å². The first-order chi connectivity index (χ1) is 25.5. The number of carbonyl (C=O) groups excluding carboxylic acids is 3. The van der Waals surface area contributed by atoms with Gasteiger partial charge in [-0.2, -0.15) is 28.1 Å². The second kappa shape index (κ2) is 15.2. The van der Waals surface area contributed by atoms with Gasteiger partial charge in [0.05, 0.1) is 16.6 Å². The Morgan fingerprint density at radius 2 is 1.56 bits per heavy atom.